The van der Waals surface area contributed by atoms with E-state index in [-0.39, 0.29) is 5.91 Å². The molecule has 0 atom stereocenters. The maximum Gasteiger partial charge on any atom is 0.238 e. The van der Waals surface area contributed by atoms with E-state index in [1.807, 2.05) is 54.6 Å². The Morgan fingerprint density at radius 2 is 1.65 bits per heavy atom. The van der Waals surface area contributed by atoms with Crippen LogP contribution in [-0.4, -0.2) is 68.2 Å². The summed E-state index contributed by atoms with van der Waals surface area (Å²) >= 11 is 0. The Balaban J connectivity index is 1.27. The molecular formula is C25H33N3O3. The van der Waals surface area contributed by atoms with E-state index in [0.29, 0.717) is 23.4 Å². The number of hydrogen-bond donors (Lipinski definition) is 1. The first kappa shape index (κ1) is 21.8. The first-order valence-electron chi connectivity index (χ1n) is 11.2. The van der Waals surface area contributed by atoms with Gasteiger partial charge in [0.1, 0.15) is 5.75 Å². The minimum Gasteiger partial charge on any atom is -0.455 e. The molecule has 0 spiro atoms. The number of nitrogens with zero attached hydrogens (tertiary/aromatic N) is 2. The highest BCUT2D eigenvalue weighted by Crippen LogP contribution is 2.32. The zero-order valence-corrected chi connectivity index (χ0v) is 18.4. The van der Waals surface area contributed by atoms with E-state index in [9.17, 15) is 4.79 Å². The number of rotatable bonds is 7. The predicted octanol–water partition coefficient (Wildman–Crippen LogP) is 3.85. The third-order valence-electron chi connectivity index (χ3n) is 6.27. The topological polar surface area (TPSA) is 54.0 Å². The van der Waals surface area contributed by atoms with Crippen molar-refractivity contribution in [3.8, 4) is 11.5 Å². The molecule has 0 saturated carbocycles. The fourth-order valence-corrected chi connectivity index (χ4v) is 4.38. The van der Waals surface area contributed by atoms with Crippen LogP contribution in [0.25, 0.3) is 0 Å². The van der Waals surface area contributed by atoms with Gasteiger partial charge in [0, 0.05) is 19.6 Å². The van der Waals surface area contributed by atoms with Crippen LogP contribution in [0.4, 0.5) is 5.69 Å². The van der Waals surface area contributed by atoms with Crippen LogP contribution >= 0.6 is 0 Å². The Morgan fingerprint density at radius 1 is 0.968 bits per heavy atom. The number of nitrogens with one attached hydrogen (secondary N) is 1. The van der Waals surface area contributed by atoms with Gasteiger partial charge in [-0.2, -0.15) is 0 Å². The van der Waals surface area contributed by atoms with Crippen LogP contribution in [0.15, 0.2) is 54.6 Å². The molecule has 2 aromatic rings. The number of piperidine rings is 1. The van der Waals surface area contributed by atoms with Gasteiger partial charge in [0.2, 0.25) is 5.91 Å². The van der Waals surface area contributed by atoms with Gasteiger partial charge in [0.25, 0.3) is 0 Å². The standard InChI is InChI=1S/C25H33N3O3/c1-25(20-28-15-17-30-18-16-28)11-13-27(14-12-25)19-24(29)26-22-9-5-6-10-23(22)31-21-7-3-2-4-8-21/h2-10H,11-20H2,1H3,(H,26,29). The lowest BCUT2D eigenvalue weighted by Gasteiger charge is -2.42. The minimum absolute atomic E-state index is 0.000828. The van der Waals surface area contributed by atoms with Gasteiger partial charge in [-0.1, -0.05) is 37.3 Å². The second-order valence-electron chi connectivity index (χ2n) is 8.93. The zero-order chi connectivity index (χ0) is 21.5. The largest absolute Gasteiger partial charge is 0.455 e. The van der Waals surface area contributed by atoms with Gasteiger partial charge >= 0.3 is 0 Å². The Kier molecular flexibility index (Phi) is 7.22. The molecule has 1 amide bonds. The van der Waals surface area contributed by atoms with Crippen molar-refractivity contribution in [2.45, 2.75) is 19.8 Å². The molecule has 31 heavy (non-hydrogen) atoms. The number of amides is 1. The molecule has 2 fully saturated rings. The highest BCUT2D eigenvalue weighted by Gasteiger charge is 2.32. The number of likely N-dealkylation sites (tertiary alicyclic amines) is 1. The maximum absolute atomic E-state index is 12.7. The Morgan fingerprint density at radius 3 is 2.39 bits per heavy atom. The Labute approximate surface area is 185 Å². The fourth-order valence-electron chi connectivity index (χ4n) is 4.38. The van der Waals surface area contributed by atoms with E-state index in [1.54, 1.807) is 0 Å². The molecule has 0 unspecified atom stereocenters. The van der Waals surface area contributed by atoms with Gasteiger partial charge < -0.3 is 14.8 Å². The molecule has 0 aromatic heterocycles. The van der Waals surface area contributed by atoms with Gasteiger partial charge in [0.05, 0.1) is 25.4 Å². The van der Waals surface area contributed by atoms with Crippen molar-refractivity contribution in [2.24, 2.45) is 5.41 Å². The van der Waals surface area contributed by atoms with Crippen LogP contribution in [0.1, 0.15) is 19.8 Å². The summed E-state index contributed by atoms with van der Waals surface area (Å²) < 4.78 is 11.4. The van der Waals surface area contributed by atoms with E-state index in [1.165, 1.54) is 0 Å². The highest BCUT2D eigenvalue weighted by molar-refractivity contribution is 5.93. The maximum atomic E-state index is 12.7. The van der Waals surface area contributed by atoms with Crippen molar-refractivity contribution in [3.05, 3.63) is 54.6 Å². The summed E-state index contributed by atoms with van der Waals surface area (Å²) in [7, 11) is 0. The van der Waals surface area contributed by atoms with Gasteiger partial charge in [-0.3, -0.25) is 14.6 Å². The summed E-state index contributed by atoms with van der Waals surface area (Å²) in [6.45, 7) is 9.59. The lowest BCUT2D eigenvalue weighted by Crippen LogP contribution is -2.48. The smallest absolute Gasteiger partial charge is 0.238 e. The average molecular weight is 424 g/mol. The van der Waals surface area contributed by atoms with E-state index in [2.05, 4.69) is 22.0 Å². The lowest BCUT2D eigenvalue weighted by atomic mass is 9.79. The first-order chi connectivity index (χ1) is 15.1. The summed E-state index contributed by atoms with van der Waals surface area (Å²) in [6.07, 6.45) is 2.23. The number of para-hydroxylation sites is 3. The summed E-state index contributed by atoms with van der Waals surface area (Å²) in [5, 5.41) is 3.04. The van der Waals surface area contributed by atoms with Crippen molar-refractivity contribution < 1.29 is 14.3 Å². The van der Waals surface area contributed by atoms with E-state index in [0.717, 1.165) is 64.5 Å². The number of benzene rings is 2. The third-order valence-corrected chi connectivity index (χ3v) is 6.27. The molecule has 2 aliphatic rings. The normalized spacial score (nSPS) is 19.6. The molecule has 0 aliphatic carbocycles. The monoisotopic (exact) mass is 423 g/mol. The highest BCUT2D eigenvalue weighted by atomic mass is 16.5. The molecular weight excluding hydrogens is 390 g/mol. The number of anilines is 1. The van der Waals surface area contributed by atoms with E-state index >= 15 is 0 Å². The Bertz CT molecular complexity index is 844. The quantitative estimate of drug-likeness (QED) is 0.733. The number of hydrogen-bond acceptors (Lipinski definition) is 5. The Hall–Kier alpha value is -2.41. The van der Waals surface area contributed by atoms with Crippen molar-refractivity contribution in [3.63, 3.8) is 0 Å². The molecule has 2 heterocycles. The molecule has 0 bridgehead atoms. The molecule has 166 valence electrons. The van der Waals surface area contributed by atoms with E-state index < -0.39 is 0 Å². The number of carbonyl (C=O) groups is 1. The van der Waals surface area contributed by atoms with Gasteiger partial charge in [0.15, 0.2) is 5.75 Å². The lowest BCUT2D eigenvalue weighted by molar-refractivity contribution is -0.118. The predicted molar refractivity (Wildman–Crippen MR) is 123 cm³/mol. The van der Waals surface area contributed by atoms with Crippen molar-refractivity contribution in [2.75, 3.05) is 57.8 Å². The van der Waals surface area contributed by atoms with Crippen molar-refractivity contribution >= 4 is 11.6 Å². The zero-order valence-electron chi connectivity index (χ0n) is 18.4. The van der Waals surface area contributed by atoms with Crippen molar-refractivity contribution in [1.82, 2.24) is 9.80 Å². The van der Waals surface area contributed by atoms with Crippen LogP contribution in [0.5, 0.6) is 11.5 Å². The van der Waals surface area contributed by atoms with Crippen LogP contribution in [0, 0.1) is 5.41 Å². The van der Waals surface area contributed by atoms with Crippen LogP contribution in [0.3, 0.4) is 0 Å². The van der Waals surface area contributed by atoms with E-state index in [4.69, 9.17) is 9.47 Å². The number of ether oxygens (including phenoxy) is 2. The van der Waals surface area contributed by atoms with Gasteiger partial charge in [-0.05, 0) is 55.6 Å². The molecule has 2 aliphatic heterocycles. The van der Waals surface area contributed by atoms with Gasteiger partial charge in [-0.25, -0.2) is 0 Å². The summed E-state index contributed by atoms with van der Waals surface area (Å²) in [5.74, 6) is 1.40. The summed E-state index contributed by atoms with van der Waals surface area (Å²) in [4.78, 5) is 17.5. The molecule has 6 heteroatoms. The second kappa shape index (κ2) is 10.3. The third kappa shape index (κ3) is 6.29. The van der Waals surface area contributed by atoms with Crippen LogP contribution in [0.2, 0.25) is 0 Å². The molecule has 1 N–H and O–H groups in total. The summed E-state index contributed by atoms with van der Waals surface area (Å²) in [6, 6.07) is 17.2. The average Bonchev–Trinajstić information content (AvgIpc) is 2.78. The molecule has 4 rings (SSSR count). The molecule has 2 aromatic carbocycles. The van der Waals surface area contributed by atoms with Gasteiger partial charge in [-0.15, -0.1) is 0 Å². The first-order valence-corrected chi connectivity index (χ1v) is 11.2. The molecule has 0 radical (unpaired) electrons. The SMILES string of the molecule is CC1(CN2CCOCC2)CCN(CC(=O)Nc2ccccc2Oc2ccccc2)CC1. The molecule has 6 nitrogen and oxygen atoms in total. The van der Waals surface area contributed by atoms with Crippen LogP contribution in [-0.2, 0) is 9.53 Å². The number of morpholine rings is 1. The molecule has 2 saturated heterocycles. The minimum atomic E-state index is 0.000828. The summed E-state index contributed by atoms with van der Waals surface area (Å²) in [5.41, 5.74) is 1.02. The second-order valence-corrected chi connectivity index (χ2v) is 8.93. The van der Waals surface area contributed by atoms with Crippen LogP contribution < -0.4 is 10.1 Å². The van der Waals surface area contributed by atoms with Crippen molar-refractivity contribution in [1.29, 1.82) is 0 Å². The number of carbonyl (C=O) groups excluding carboxylic acids is 1. The fraction of sp³-hybridized carbons (Fsp3) is 0.480.